The number of nitrogens with zero attached hydrogens (tertiary/aromatic N) is 1. The van der Waals surface area contributed by atoms with Crippen LogP contribution >= 0.6 is 27.3 Å². The van der Waals surface area contributed by atoms with E-state index in [-0.39, 0.29) is 11.7 Å². The third-order valence-electron chi connectivity index (χ3n) is 2.67. The molecule has 0 unspecified atom stereocenters. The Morgan fingerprint density at radius 3 is 2.85 bits per heavy atom. The SMILES string of the molecule is CN(Cc1ccc(Br)s1)C(=O)/C=C/c1cccc(F)c1. The third kappa shape index (κ3) is 4.28. The summed E-state index contributed by atoms with van der Waals surface area (Å²) in [5.74, 6) is -0.421. The van der Waals surface area contributed by atoms with Gasteiger partial charge in [0.2, 0.25) is 5.91 Å². The van der Waals surface area contributed by atoms with Gasteiger partial charge in [-0.25, -0.2) is 4.39 Å². The Morgan fingerprint density at radius 2 is 2.20 bits per heavy atom. The van der Waals surface area contributed by atoms with Gasteiger partial charge in [-0.1, -0.05) is 12.1 Å². The Hall–Kier alpha value is -1.46. The molecule has 2 nitrogen and oxygen atoms in total. The lowest BCUT2D eigenvalue weighted by Gasteiger charge is -2.13. The topological polar surface area (TPSA) is 20.3 Å². The van der Waals surface area contributed by atoms with Gasteiger partial charge in [-0.3, -0.25) is 4.79 Å². The van der Waals surface area contributed by atoms with Crippen LogP contribution in [-0.4, -0.2) is 17.9 Å². The van der Waals surface area contributed by atoms with E-state index in [0.29, 0.717) is 12.1 Å². The predicted octanol–water partition coefficient (Wildman–Crippen LogP) is 4.32. The molecule has 0 aliphatic rings. The summed E-state index contributed by atoms with van der Waals surface area (Å²) in [7, 11) is 1.74. The summed E-state index contributed by atoms with van der Waals surface area (Å²) in [6, 6.07) is 10.1. The van der Waals surface area contributed by atoms with E-state index >= 15 is 0 Å². The molecule has 0 bridgehead atoms. The number of amides is 1. The highest BCUT2D eigenvalue weighted by Gasteiger charge is 2.07. The molecule has 1 heterocycles. The zero-order valence-electron chi connectivity index (χ0n) is 10.8. The number of carbonyl (C=O) groups is 1. The molecule has 0 aliphatic carbocycles. The van der Waals surface area contributed by atoms with Crippen molar-refractivity contribution in [2.45, 2.75) is 6.54 Å². The number of halogens is 2. The van der Waals surface area contributed by atoms with Crippen LogP contribution in [0.25, 0.3) is 6.08 Å². The van der Waals surface area contributed by atoms with Crippen LogP contribution in [0.2, 0.25) is 0 Å². The molecule has 0 saturated carbocycles. The number of thiophene rings is 1. The van der Waals surface area contributed by atoms with E-state index in [2.05, 4.69) is 15.9 Å². The van der Waals surface area contributed by atoms with E-state index < -0.39 is 0 Å². The molecular weight excluding hydrogens is 341 g/mol. The fourth-order valence-corrected chi connectivity index (χ4v) is 3.19. The summed E-state index contributed by atoms with van der Waals surface area (Å²) >= 11 is 4.99. The minimum Gasteiger partial charge on any atom is -0.337 e. The molecule has 0 radical (unpaired) electrons. The minimum absolute atomic E-state index is 0.112. The van der Waals surface area contributed by atoms with Crippen LogP contribution in [0.3, 0.4) is 0 Å². The molecule has 1 aromatic carbocycles. The van der Waals surface area contributed by atoms with Crippen molar-refractivity contribution < 1.29 is 9.18 Å². The van der Waals surface area contributed by atoms with Crippen LogP contribution in [0.15, 0.2) is 46.3 Å². The molecule has 104 valence electrons. The maximum Gasteiger partial charge on any atom is 0.246 e. The highest BCUT2D eigenvalue weighted by molar-refractivity contribution is 9.11. The first-order valence-corrected chi connectivity index (χ1v) is 7.58. The van der Waals surface area contributed by atoms with E-state index in [0.717, 1.165) is 8.66 Å². The maximum atomic E-state index is 13.0. The third-order valence-corrected chi connectivity index (χ3v) is 4.27. The quantitative estimate of drug-likeness (QED) is 0.749. The molecule has 1 aromatic heterocycles. The average molecular weight is 354 g/mol. The normalized spacial score (nSPS) is 10.9. The van der Waals surface area contributed by atoms with Crippen molar-refractivity contribution in [2.24, 2.45) is 0 Å². The fourth-order valence-electron chi connectivity index (χ4n) is 1.65. The van der Waals surface area contributed by atoms with Crippen LogP contribution in [0, 0.1) is 5.82 Å². The highest BCUT2D eigenvalue weighted by atomic mass is 79.9. The molecule has 0 spiro atoms. The van der Waals surface area contributed by atoms with E-state index in [1.165, 1.54) is 18.2 Å². The van der Waals surface area contributed by atoms with Gasteiger partial charge in [0.05, 0.1) is 10.3 Å². The Balaban J connectivity index is 1.97. The van der Waals surface area contributed by atoms with Gasteiger partial charge in [-0.2, -0.15) is 0 Å². The number of benzene rings is 1. The second-order valence-corrected chi connectivity index (χ2v) is 6.84. The monoisotopic (exact) mass is 353 g/mol. The minimum atomic E-state index is -0.309. The largest absolute Gasteiger partial charge is 0.337 e. The van der Waals surface area contributed by atoms with Crippen molar-refractivity contribution in [1.82, 2.24) is 4.90 Å². The van der Waals surface area contributed by atoms with Gasteiger partial charge in [-0.15, -0.1) is 11.3 Å². The summed E-state index contributed by atoms with van der Waals surface area (Å²) in [5.41, 5.74) is 0.672. The van der Waals surface area contributed by atoms with Gasteiger partial charge in [0.15, 0.2) is 0 Å². The molecule has 2 rings (SSSR count). The number of carbonyl (C=O) groups excluding carboxylic acids is 1. The van der Waals surface area contributed by atoms with E-state index in [1.807, 2.05) is 12.1 Å². The van der Waals surface area contributed by atoms with E-state index in [4.69, 9.17) is 0 Å². The number of rotatable bonds is 4. The van der Waals surface area contributed by atoms with E-state index in [9.17, 15) is 9.18 Å². The lowest BCUT2D eigenvalue weighted by Crippen LogP contribution is -2.23. The lowest BCUT2D eigenvalue weighted by atomic mass is 10.2. The molecule has 2 aromatic rings. The summed E-state index contributed by atoms with van der Waals surface area (Å²) < 4.78 is 14.1. The zero-order valence-corrected chi connectivity index (χ0v) is 13.2. The molecule has 0 aliphatic heterocycles. The molecule has 5 heteroatoms. The molecule has 0 N–H and O–H groups in total. The van der Waals surface area contributed by atoms with Crippen LogP contribution in [0.4, 0.5) is 4.39 Å². The van der Waals surface area contributed by atoms with Gasteiger partial charge >= 0.3 is 0 Å². The van der Waals surface area contributed by atoms with Crippen LogP contribution in [0.1, 0.15) is 10.4 Å². The molecular formula is C15H13BrFNOS. The number of hydrogen-bond donors (Lipinski definition) is 0. The summed E-state index contributed by atoms with van der Waals surface area (Å²) in [5, 5.41) is 0. The van der Waals surface area contributed by atoms with Gasteiger partial charge in [0.1, 0.15) is 5.82 Å². The second kappa shape index (κ2) is 6.81. The standard InChI is InChI=1S/C15H13BrFNOS/c1-18(10-13-6-7-14(16)20-13)15(19)8-5-11-3-2-4-12(17)9-11/h2-9H,10H2,1H3/b8-5+. The Labute approximate surface area is 129 Å². The maximum absolute atomic E-state index is 13.0. The van der Waals surface area contributed by atoms with Crippen molar-refractivity contribution in [2.75, 3.05) is 7.05 Å². The van der Waals surface area contributed by atoms with Crippen molar-refractivity contribution in [3.05, 3.63) is 62.5 Å². The number of likely N-dealkylation sites (N-methyl/N-ethyl adjacent to an activating group) is 1. The summed E-state index contributed by atoms with van der Waals surface area (Å²) in [6.45, 7) is 0.558. The van der Waals surface area contributed by atoms with Crippen LogP contribution in [-0.2, 0) is 11.3 Å². The van der Waals surface area contributed by atoms with Gasteiger partial charge < -0.3 is 4.90 Å². The Kier molecular flexibility index (Phi) is 5.09. The van der Waals surface area contributed by atoms with Gasteiger partial charge in [-0.05, 0) is 51.8 Å². The van der Waals surface area contributed by atoms with Crippen molar-refractivity contribution in [1.29, 1.82) is 0 Å². The first-order valence-electron chi connectivity index (χ1n) is 5.97. The number of hydrogen-bond acceptors (Lipinski definition) is 2. The predicted molar refractivity (Wildman–Crippen MR) is 83.9 cm³/mol. The van der Waals surface area contributed by atoms with Crippen molar-refractivity contribution in [3.63, 3.8) is 0 Å². The molecule has 0 fully saturated rings. The average Bonchev–Trinajstić information content (AvgIpc) is 2.81. The lowest BCUT2D eigenvalue weighted by molar-refractivity contribution is -0.125. The van der Waals surface area contributed by atoms with Crippen molar-refractivity contribution >= 4 is 39.2 Å². The van der Waals surface area contributed by atoms with Gasteiger partial charge in [0, 0.05) is 18.0 Å². The Morgan fingerprint density at radius 1 is 1.40 bits per heavy atom. The zero-order chi connectivity index (χ0) is 14.5. The summed E-state index contributed by atoms with van der Waals surface area (Å²) in [6.07, 6.45) is 3.07. The first-order chi connectivity index (χ1) is 9.54. The second-order valence-electron chi connectivity index (χ2n) is 4.29. The summed E-state index contributed by atoms with van der Waals surface area (Å²) in [4.78, 5) is 14.7. The van der Waals surface area contributed by atoms with Crippen LogP contribution in [0.5, 0.6) is 0 Å². The molecule has 0 atom stereocenters. The molecule has 20 heavy (non-hydrogen) atoms. The van der Waals surface area contributed by atoms with Crippen LogP contribution < -0.4 is 0 Å². The smallest absolute Gasteiger partial charge is 0.246 e. The molecule has 1 amide bonds. The first kappa shape index (κ1) is 14.9. The molecule has 0 saturated heterocycles. The Bertz CT molecular complexity index is 638. The van der Waals surface area contributed by atoms with E-state index in [1.54, 1.807) is 41.5 Å². The fraction of sp³-hybridized carbons (Fsp3) is 0.133. The van der Waals surface area contributed by atoms with Crippen molar-refractivity contribution in [3.8, 4) is 0 Å². The highest BCUT2D eigenvalue weighted by Crippen LogP contribution is 2.23. The van der Waals surface area contributed by atoms with Gasteiger partial charge in [0.25, 0.3) is 0 Å².